The number of rotatable bonds is 1. The molecule has 0 spiro atoms. The Bertz CT molecular complexity index is 475. The zero-order chi connectivity index (χ0) is 13.6. The fraction of sp³-hybridized carbons (Fsp3) is 0.588. The molecule has 0 radical (unpaired) electrons. The Morgan fingerprint density at radius 1 is 1.11 bits per heavy atom. The van der Waals surface area contributed by atoms with Crippen LogP contribution in [0.2, 0.25) is 0 Å². The molecule has 1 aliphatic heterocycles. The van der Waals surface area contributed by atoms with E-state index in [1.54, 1.807) is 0 Å². The van der Waals surface area contributed by atoms with Crippen LogP contribution in [0.15, 0.2) is 24.3 Å². The molecule has 1 atom stereocenters. The standard InChI is InChI=1S/C17H23NO/c1-17(2,3)15-8-9-18(16(15)19)14-10-12-6-4-5-7-13(12)11-14/h4-7,14-15H,8-11H2,1-3H3. The number of benzene rings is 1. The number of nitrogens with zero attached hydrogens (tertiary/aromatic N) is 1. The van der Waals surface area contributed by atoms with Crippen LogP contribution in [0.25, 0.3) is 0 Å². The van der Waals surface area contributed by atoms with E-state index in [0.29, 0.717) is 11.9 Å². The Hall–Kier alpha value is -1.31. The molecule has 19 heavy (non-hydrogen) atoms. The van der Waals surface area contributed by atoms with Gasteiger partial charge in [0.25, 0.3) is 0 Å². The van der Waals surface area contributed by atoms with Crippen molar-refractivity contribution in [1.82, 2.24) is 4.90 Å². The van der Waals surface area contributed by atoms with Crippen LogP contribution in [0.3, 0.4) is 0 Å². The van der Waals surface area contributed by atoms with E-state index in [-0.39, 0.29) is 11.3 Å². The highest BCUT2D eigenvalue weighted by atomic mass is 16.2. The largest absolute Gasteiger partial charge is 0.339 e. The normalized spacial score (nSPS) is 24.1. The molecule has 0 N–H and O–H groups in total. The van der Waals surface area contributed by atoms with Crippen LogP contribution in [0.4, 0.5) is 0 Å². The van der Waals surface area contributed by atoms with Crippen LogP contribution in [0.1, 0.15) is 38.3 Å². The third kappa shape index (κ3) is 2.18. The van der Waals surface area contributed by atoms with Crippen LogP contribution < -0.4 is 0 Å². The number of fused-ring (bicyclic) bond motifs is 1. The van der Waals surface area contributed by atoms with Gasteiger partial charge in [-0.1, -0.05) is 45.0 Å². The Morgan fingerprint density at radius 3 is 2.16 bits per heavy atom. The summed E-state index contributed by atoms with van der Waals surface area (Å²) < 4.78 is 0. The molecule has 1 saturated heterocycles. The topological polar surface area (TPSA) is 20.3 Å². The molecule has 1 unspecified atom stereocenters. The van der Waals surface area contributed by atoms with Crippen molar-refractivity contribution in [3.63, 3.8) is 0 Å². The number of hydrogen-bond donors (Lipinski definition) is 0. The Morgan fingerprint density at radius 2 is 1.68 bits per heavy atom. The van der Waals surface area contributed by atoms with E-state index < -0.39 is 0 Å². The molecule has 0 bridgehead atoms. The van der Waals surface area contributed by atoms with Crippen molar-refractivity contribution in [2.45, 2.75) is 46.1 Å². The number of amides is 1. The van der Waals surface area contributed by atoms with Gasteiger partial charge in [0.05, 0.1) is 0 Å². The third-order valence-electron chi connectivity index (χ3n) is 4.76. The molecule has 1 aliphatic carbocycles. The molecule has 2 aliphatic rings. The maximum absolute atomic E-state index is 12.6. The quantitative estimate of drug-likeness (QED) is 0.757. The number of hydrogen-bond acceptors (Lipinski definition) is 1. The Kier molecular flexibility index (Phi) is 2.92. The lowest BCUT2D eigenvalue weighted by atomic mass is 9.80. The highest BCUT2D eigenvalue weighted by Crippen LogP contribution is 2.37. The van der Waals surface area contributed by atoms with Crippen LogP contribution in [0.5, 0.6) is 0 Å². The minimum Gasteiger partial charge on any atom is -0.339 e. The summed E-state index contributed by atoms with van der Waals surface area (Å²) in [6.07, 6.45) is 3.10. The zero-order valence-corrected chi connectivity index (χ0v) is 12.1. The van der Waals surface area contributed by atoms with E-state index in [4.69, 9.17) is 0 Å². The minimum atomic E-state index is 0.0945. The molecule has 1 aromatic carbocycles. The summed E-state index contributed by atoms with van der Waals surface area (Å²) >= 11 is 0. The van der Waals surface area contributed by atoms with Gasteiger partial charge in [0, 0.05) is 18.5 Å². The van der Waals surface area contributed by atoms with Gasteiger partial charge in [-0.05, 0) is 35.8 Å². The summed E-state index contributed by atoms with van der Waals surface area (Å²) in [5.41, 5.74) is 2.95. The summed E-state index contributed by atoms with van der Waals surface area (Å²) in [6.45, 7) is 7.49. The Labute approximate surface area is 115 Å². The first-order valence-electron chi connectivity index (χ1n) is 7.34. The predicted molar refractivity (Wildman–Crippen MR) is 76.9 cm³/mol. The van der Waals surface area contributed by atoms with Crippen LogP contribution in [-0.2, 0) is 17.6 Å². The number of carbonyl (C=O) groups excluding carboxylic acids is 1. The summed E-state index contributed by atoms with van der Waals surface area (Å²) in [5.74, 6) is 0.585. The van der Waals surface area contributed by atoms with Crippen LogP contribution >= 0.6 is 0 Å². The maximum Gasteiger partial charge on any atom is 0.226 e. The fourth-order valence-electron chi connectivity index (χ4n) is 3.62. The monoisotopic (exact) mass is 257 g/mol. The molecular weight excluding hydrogens is 234 g/mol. The second-order valence-electron chi connectivity index (χ2n) is 7.07. The van der Waals surface area contributed by atoms with Crippen molar-refractivity contribution in [2.75, 3.05) is 6.54 Å². The van der Waals surface area contributed by atoms with Gasteiger partial charge in [0.1, 0.15) is 0 Å². The molecular formula is C17H23NO. The zero-order valence-electron chi connectivity index (χ0n) is 12.1. The first-order valence-corrected chi connectivity index (χ1v) is 7.34. The second kappa shape index (κ2) is 4.36. The molecule has 1 aromatic rings. The van der Waals surface area contributed by atoms with Gasteiger partial charge < -0.3 is 4.90 Å². The molecule has 2 nitrogen and oxygen atoms in total. The minimum absolute atomic E-state index is 0.0945. The highest BCUT2D eigenvalue weighted by Gasteiger charge is 2.42. The van der Waals surface area contributed by atoms with Gasteiger partial charge in [-0.25, -0.2) is 0 Å². The van der Waals surface area contributed by atoms with Crippen molar-refractivity contribution in [3.8, 4) is 0 Å². The number of likely N-dealkylation sites (tertiary alicyclic amines) is 1. The second-order valence-corrected chi connectivity index (χ2v) is 7.07. The average molecular weight is 257 g/mol. The predicted octanol–water partition coefficient (Wildman–Crippen LogP) is 3.05. The number of carbonyl (C=O) groups is 1. The first kappa shape index (κ1) is 12.7. The maximum atomic E-state index is 12.6. The van der Waals surface area contributed by atoms with Crippen molar-refractivity contribution in [1.29, 1.82) is 0 Å². The summed E-state index contributed by atoms with van der Waals surface area (Å²) in [7, 11) is 0. The molecule has 0 saturated carbocycles. The van der Waals surface area contributed by atoms with E-state index in [2.05, 4.69) is 49.9 Å². The van der Waals surface area contributed by atoms with Crippen molar-refractivity contribution in [2.24, 2.45) is 11.3 Å². The molecule has 0 aromatic heterocycles. The lowest BCUT2D eigenvalue weighted by Crippen LogP contribution is -2.40. The van der Waals surface area contributed by atoms with Crippen molar-refractivity contribution >= 4 is 5.91 Å². The van der Waals surface area contributed by atoms with Crippen LogP contribution in [-0.4, -0.2) is 23.4 Å². The molecule has 102 valence electrons. The van der Waals surface area contributed by atoms with E-state index in [1.165, 1.54) is 11.1 Å². The molecule has 3 rings (SSSR count). The highest BCUT2D eigenvalue weighted by molar-refractivity contribution is 5.82. The van der Waals surface area contributed by atoms with Gasteiger partial charge >= 0.3 is 0 Å². The molecule has 1 amide bonds. The molecule has 1 heterocycles. The summed E-state index contributed by atoms with van der Waals surface area (Å²) in [5, 5.41) is 0. The molecule has 2 heteroatoms. The summed E-state index contributed by atoms with van der Waals surface area (Å²) in [4.78, 5) is 14.8. The first-order chi connectivity index (χ1) is 8.97. The van der Waals surface area contributed by atoms with Gasteiger partial charge in [-0.15, -0.1) is 0 Å². The average Bonchev–Trinajstić information content (AvgIpc) is 2.90. The van der Waals surface area contributed by atoms with E-state index >= 15 is 0 Å². The van der Waals surface area contributed by atoms with Crippen molar-refractivity contribution < 1.29 is 4.79 Å². The van der Waals surface area contributed by atoms with E-state index in [0.717, 1.165) is 25.8 Å². The fourth-order valence-corrected chi connectivity index (χ4v) is 3.62. The van der Waals surface area contributed by atoms with E-state index in [1.807, 2.05) is 0 Å². The van der Waals surface area contributed by atoms with Crippen molar-refractivity contribution in [3.05, 3.63) is 35.4 Å². The SMILES string of the molecule is CC(C)(C)C1CCN(C2Cc3ccccc3C2)C1=O. The summed E-state index contributed by atoms with van der Waals surface area (Å²) in [6, 6.07) is 9.02. The third-order valence-corrected chi connectivity index (χ3v) is 4.76. The smallest absolute Gasteiger partial charge is 0.226 e. The van der Waals surface area contributed by atoms with Gasteiger partial charge in [0.15, 0.2) is 0 Å². The van der Waals surface area contributed by atoms with Gasteiger partial charge in [-0.2, -0.15) is 0 Å². The lowest BCUT2D eigenvalue weighted by molar-refractivity contribution is -0.135. The molecule has 1 fully saturated rings. The Balaban J connectivity index is 1.75. The van der Waals surface area contributed by atoms with E-state index in [9.17, 15) is 4.79 Å². The van der Waals surface area contributed by atoms with Gasteiger partial charge in [-0.3, -0.25) is 4.79 Å². The van der Waals surface area contributed by atoms with Crippen LogP contribution in [0, 0.1) is 11.3 Å². The lowest BCUT2D eigenvalue weighted by Gasteiger charge is -2.28. The van der Waals surface area contributed by atoms with Gasteiger partial charge in [0.2, 0.25) is 5.91 Å².